The molecule has 2 heterocycles. The molecule has 24 heavy (non-hydrogen) atoms. The molecule has 0 aliphatic carbocycles. The maximum Gasteiger partial charge on any atom is 0.143 e. The van der Waals surface area contributed by atoms with Crippen LogP contribution < -0.4 is 10.1 Å². The Balaban J connectivity index is 2.10. The molecule has 5 heteroatoms. The lowest BCUT2D eigenvalue weighted by Crippen LogP contribution is -2.01. The minimum atomic E-state index is 0.625. The summed E-state index contributed by atoms with van der Waals surface area (Å²) in [5, 5.41) is 4.49. The number of fused-ring (bicyclic) bond motifs is 1. The van der Waals surface area contributed by atoms with Crippen molar-refractivity contribution in [3.05, 3.63) is 40.8 Å². The first-order valence-corrected chi connectivity index (χ1v) is 8.38. The van der Waals surface area contributed by atoms with Crippen LogP contribution in [0.4, 0.5) is 11.5 Å². The average Bonchev–Trinajstić information content (AvgIpc) is 2.89. The highest BCUT2D eigenvalue weighted by Crippen LogP contribution is 2.34. The van der Waals surface area contributed by atoms with E-state index in [4.69, 9.17) is 4.74 Å². The van der Waals surface area contributed by atoms with E-state index in [0.29, 0.717) is 6.61 Å². The lowest BCUT2D eigenvalue weighted by atomic mass is 10.1. The van der Waals surface area contributed by atoms with Gasteiger partial charge in [-0.25, -0.2) is 9.97 Å². The summed E-state index contributed by atoms with van der Waals surface area (Å²) in [7, 11) is 0. The Morgan fingerprint density at radius 2 is 1.83 bits per heavy atom. The number of H-pyrrole nitrogens is 1. The van der Waals surface area contributed by atoms with Crippen LogP contribution in [0.3, 0.4) is 0 Å². The fourth-order valence-electron chi connectivity index (χ4n) is 2.96. The molecule has 0 aliphatic heterocycles. The van der Waals surface area contributed by atoms with E-state index in [0.717, 1.165) is 34.7 Å². The summed E-state index contributed by atoms with van der Waals surface area (Å²) >= 11 is 0. The molecule has 0 saturated carbocycles. The number of anilines is 2. The van der Waals surface area contributed by atoms with Gasteiger partial charge in [0.25, 0.3) is 0 Å². The van der Waals surface area contributed by atoms with Crippen molar-refractivity contribution in [2.75, 3.05) is 11.9 Å². The Morgan fingerprint density at radius 1 is 1.08 bits per heavy atom. The number of nitrogens with one attached hydrogen (secondary N) is 2. The van der Waals surface area contributed by atoms with E-state index < -0.39 is 0 Å². The van der Waals surface area contributed by atoms with Crippen LogP contribution in [0, 0.1) is 20.8 Å². The predicted molar refractivity (Wildman–Crippen MR) is 98.4 cm³/mol. The molecule has 0 unspecified atom stereocenters. The van der Waals surface area contributed by atoms with Crippen LogP contribution in [0.2, 0.25) is 0 Å². The van der Waals surface area contributed by atoms with Crippen LogP contribution in [0.5, 0.6) is 5.75 Å². The van der Waals surface area contributed by atoms with E-state index in [1.54, 1.807) is 6.33 Å². The molecule has 0 atom stereocenters. The number of rotatable bonds is 5. The van der Waals surface area contributed by atoms with Gasteiger partial charge in [0.05, 0.1) is 17.7 Å². The molecule has 0 aliphatic rings. The van der Waals surface area contributed by atoms with E-state index in [9.17, 15) is 0 Å². The second-order valence-electron chi connectivity index (χ2n) is 6.02. The fraction of sp³-hybridized carbons (Fsp3) is 0.368. The topological polar surface area (TPSA) is 62.8 Å². The van der Waals surface area contributed by atoms with Gasteiger partial charge in [0, 0.05) is 5.69 Å². The van der Waals surface area contributed by atoms with Crippen molar-refractivity contribution in [3.63, 3.8) is 0 Å². The smallest absolute Gasteiger partial charge is 0.143 e. The molecule has 2 aromatic heterocycles. The van der Waals surface area contributed by atoms with E-state index >= 15 is 0 Å². The first-order chi connectivity index (χ1) is 11.5. The molecule has 1 aromatic carbocycles. The standard InChI is InChI=1S/C19H24N4O/c1-6-14-13(5)17-18(22-14)20-10-21-19(17)23-15-8-11(3)12(4)9-16(15)24-7-2/h8-10H,6-7H2,1-5H3,(H2,20,21,22,23). The summed E-state index contributed by atoms with van der Waals surface area (Å²) in [5.41, 5.74) is 6.60. The molecule has 2 N–H and O–H groups in total. The van der Waals surface area contributed by atoms with Crippen LogP contribution in [0.15, 0.2) is 18.5 Å². The molecular formula is C19H24N4O. The Morgan fingerprint density at radius 3 is 2.54 bits per heavy atom. The van der Waals surface area contributed by atoms with Gasteiger partial charge in [-0.1, -0.05) is 6.92 Å². The molecule has 0 bridgehead atoms. The van der Waals surface area contributed by atoms with Gasteiger partial charge < -0.3 is 15.0 Å². The minimum Gasteiger partial charge on any atom is -0.492 e. The third-order valence-corrected chi connectivity index (χ3v) is 4.45. The zero-order valence-electron chi connectivity index (χ0n) is 14.9. The fourth-order valence-corrected chi connectivity index (χ4v) is 2.96. The zero-order valence-corrected chi connectivity index (χ0v) is 14.9. The van der Waals surface area contributed by atoms with Crippen LogP contribution in [0.1, 0.15) is 36.2 Å². The van der Waals surface area contributed by atoms with Crippen molar-refractivity contribution < 1.29 is 4.74 Å². The second-order valence-corrected chi connectivity index (χ2v) is 6.02. The molecule has 3 aromatic rings. The van der Waals surface area contributed by atoms with Gasteiger partial charge in [-0.3, -0.25) is 0 Å². The molecule has 0 amide bonds. The van der Waals surface area contributed by atoms with Gasteiger partial charge in [0.1, 0.15) is 23.5 Å². The quantitative estimate of drug-likeness (QED) is 0.720. The SMILES string of the molecule is CCOc1cc(C)c(C)cc1Nc1ncnc2[nH]c(CC)c(C)c12. The summed E-state index contributed by atoms with van der Waals surface area (Å²) < 4.78 is 5.80. The van der Waals surface area contributed by atoms with Gasteiger partial charge >= 0.3 is 0 Å². The van der Waals surface area contributed by atoms with E-state index in [-0.39, 0.29) is 0 Å². The summed E-state index contributed by atoms with van der Waals surface area (Å²) in [6.07, 6.45) is 2.52. The number of aromatic nitrogens is 3. The molecule has 3 rings (SSSR count). The monoisotopic (exact) mass is 324 g/mol. The zero-order chi connectivity index (χ0) is 17.3. The number of aromatic amines is 1. The van der Waals surface area contributed by atoms with Gasteiger partial charge in [-0.15, -0.1) is 0 Å². The van der Waals surface area contributed by atoms with Crippen molar-refractivity contribution in [1.29, 1.82) is 0 Å². The molecule has 0 radical (unpaired) electrons. The minimum absolute atomic E-state index is 0.625. The van der Waals surface area contributed by atoms with Crippen molar-refractivity contribution in [3.8, 4) is 5.75 Å². The maximum atomic E-state index is 5.80. The second kappa shape index (κ2) is 6.51. The highest BCUT2D eigenvalue weighted by molar-refractivity contribution is 5.93. The van der Waals surface area contributed by atoms with Crippen molar-refractivity contribution in [1.82, 2.24) is 15.0 Å². The van der Waals surface area contributed by atoms with Crippen molar-refractivity contribution >= 4 is 22.5 Å². The Labute approximate surface area is 142 Å². The Kier molecular flexibility index (Phi) is 4.42. The molecule has 126 valence electrons. The average molecular weight is 324 g/mol. The van der Waals surface area contributed by atoms with Gasteiger partial charge in [0.2, 0.25) is 0 Å². The first-order valence-electron chi connectivity index (χ1n) is 8.38. The molecule has 0 fully saturated rings. The van der Waals surface area contributed by atoms with Crippen LogP contribution in [0.25, 0.3) is 11.0 Å². The number of hydrogen-bond donors (Lipinski definition) is 2. The summed E-state index contributed by atoms with van der Waals surface area (Å²) in [6.45, 7) is 11.0. The van der Waals surface area contributed by atoms with Gasteiger partial charge in [-0.05, 0) is 62.9 Å². The van der Waals surface area contributed by atoms with E-state index in [2.05, 4.69) is 60.1 Å². The summed E-state index contributed by atoms with van der Waals surface area (Å²) in [4.78, 5) is 12.2. The van der Waals surface area contributed by atoms with Gasteiger partial charge in [0.15, 0.2) is 0 Å². The number of ether oxygens (including phenoxy) is 1. The molecule has 0 saturated heterocycles. The number of nitrogens with zero attached hydrogens (tertiary/aromatic N) is 2. The third kappa shape index (κ3) is 2.82. The highest BCUT2D eigenvalue weighted by atomic mass is 16.5. The van der Waals surface area contributed by atoms with Crippen LogP contribution in [-0.2, 0) is 6.42 Å². The summed E-state index contributed by atoms with van der Waals surface area (Å²) in [6, 6.07) is 4.18. The lowest BCUT2D eigenvalue weighted by Gasteiger charge is -2.15. The largest absolute Gasteiger partial charge is 0.492 e. The maximum absolute atomic E-state index is 5.80. The molecule has 0 spiro atoms. The number of hydrogen-bond acceptors (Lipinski definition) is 4. The molecule has 5 nitrogen and oxygen atoms in total. The lowest BCUT2D eigenvalue weighted by molar-refractivity contribution is 0.341. The van der Waals surface area contributed by atoms with E-state index in [1.807, 2.05) is 6.92 Å². The summed E-state index contributed by atoms with van der Waals surface area (Å²) in [5.74, 6) is 1.65. The third-order valence-electron chi connectivity index (χ3n) is 4.45. The highest BCUT2D eigenvalue weighted by Gasteiger charge is 2.15. The normalized spacial score (nSPS) is 11.0. The number of aryl methyl sites for hydroxylation is 4. The predicted octanol–water partition coefficient (Wildman–Crippen LogP) is 4.59. The molecular weight excluding hydrogens is 300 g/mol. The van der Waals surface area contributed by atoms with E-state index in [1.165, 1.54) is 22.4 Å². The van der Waals surface area contributed by atoms with Gasteiger partial charge in [-0.2, -0.15) is 0 Å². The first kappa shape index (κ1) is 16.3. The van der Waals surface area contributed by atoms with Crippen LogP contribution in [-0.4, -0.2) is 21.6 Å². The number of benzene rings is 1. The van der Waals surface area contributed by atoms with Crippen molar-refractivity contribution in [2.24, 2.45) is 0 Å². The Bertz CT molecular complexity index is 883. The Hall–Kier alpha value is -2.56. The van der Waals surface area contributed by atoms with Crippen LogP contribution >= 0.6 is 0 Å². The van der Waals surface area contributed by atoms with Crippen molar-refractivity contribution in [2.45, 2.75) is 41.0 Å².